The number of nitrogens with one attached hydrogen (secondary N) is 1. The van der Waals surface area contributed by atoms with Crippen LogP contribution < -0.4 is 9.84 Å². The molecule has 0 saturated carbocycles. The predicted octanol–water partition coefficient (Wildman–Crippen LogP) is 4.11. The van der Waals surface area contributed by atoms with Crippen LogP contribution in [0.2, 0.25) is 0 Å². The Labute approximate surface area is 202 Å². The third-order valence-electron chi connectivity index (χ3n) is 5.73. The lowest BCUT2D eigenvalue weighted by Crippen LogP contribution is -2.40. The smallest absolute Gasteiger partial charge is 0.137 e. The summed E-state index contributed by atoms with van der Waals surface area (Å²) in [4.78, 5) is 7.82. The van der Waals surface area contributed by atoms with E-state index in [2.05, 4.69) is 24.5 Å². The van der Waals surface area contributed by atoms with Crippen molar-refractivity contribution in [2.75, 3.05) is 5.01 Å². The summed E-state index contributed by atoms with van der Waals surface area (Å²) in [7, 11) is 0. The summed E-state index contributed by atoms with van der Waals surface area (Å²) in [5.41, 5.74) is 0.680. The maximum atomic E-state index is 14.8. The summed E-state index contributed by atoms with van der Waals surface area (Å²) in [6.45, 7) is 1.66. The van der Waals surface area contributed by atoms with E-state index >= 15 is 0 Å². The molecule has 0 aliphatic carbocycles. The van der Waals surface area contributed by atoms with Gasteiger partial charge in [-0.25, -0.2) is 18.4 Å². The molecule has 3 heterocycles. The van der Waals surface area contributed by atoms with Gasteiger partial charge in [0.25, 0.3) is 0 Å². The number of hydrogen-bond acceptors (Lipinski definition) is 9. The number of aromatic nitrogens is 5. The zero-order chi connectivity index (χ0) is 23.7. The number of anilines is 1. The van der Waals surface area contributed by atoms with Crippen LogP contribution in [0, 0.1) is 17.6 Å². The Morgan fingerprint density at radius 2 is 2.00 bits per heavy atom. The van der Waals surface area contributed by atoms with Crippen molar-refractivity contribution >= 4 is 29.2 Å². The van der Waals surface area contributed by atoms with Gasteiger partial charge in [0.05, 0.1) is 12.2 Å². The first-order chi connectivity index (χ1) is 16.4. The first-order valence-electron chi connectivity index (χ1n) is 10.3. The third kappa shape index (κ3) is 4.32. The van der Waals surface area contributed by atoms with Crippen LogP contribution in [0.5, 0.6) is 0 Å². The molecular weight excluding hydrogens is 480 g/mol. The lowest BCUT2D eigenvalue weighted by atomic mass is 9.81. The number of hydrazine groups is 1. The fourth-order valence-electron chi connectivity index (χ4n) is 3.77. The van der Waals surface area contributed by atoms with E-state index in [1.807, 2.05) is 35.8 Å². The van der Waals surface area contributed by atoms with Crippen molar-refractivity contribution in [3.63, 3.8) is 0 Å². The van der Waals surface area contributed by atoms with E-state index in [-0.39, 0.29) is 12.1 Å². The monoisotopic (exact) mass is 499 g/mol. The molecule has 4 aromatic rings. The molecule has 0 amide bonds. The van der Waals surface area contributed by atoms with Gasteiger partial charge in [-0.15, -0.1) is 5.10 Å². The van der Waals surface area contributed by atoms with Crippen LogP contribution in [-0.2, 0) is 12.1 Å². The van der Waals surface area contributed by atoms with E-state index in [1.54, 1.807) is 11.9 Å². The van der Waals surface area contributed by atoms with Crippen molar-refractivity contribution in [2.24, 2.45) is 5.92 Å². The maximum Gasteiger partial charge on any atom is 0.137 e. The van der Waals surface area contributed by atoms with Crippen LogP contribution in [0.4, 0.5) is 14.5 Å². The number of aliphatic hydroxyl groups is 1. The normalized spacial score (nSPS) is 16.4. The van der Waals surface area contributed by atoms with Gasteiger partial charge >= 0.3 is 0 Å². The number of nitrogens with zero attached hydrogens (tertiary/aromatic N) is 6. The van der Waals surface area contributed by atoms with Crippen molar-refractivity contribution in [3.05, 3.63) is 88.8 Å². The second-order valence-corrected chi connectivity index (χ2v) is 9.26. The molecule has 34 heavy (non-hydrogen) atoms. The molecule has 8 nitrogen and oxygen atoms in total. The minimum Gasteiger partial charge on any atom is -0.382 e. The molecule has 0 bridgehead atoms. The van der Waals surface area contributed by atoms with Crippen LogP contribution in [0.3, 0.4) is 0 Å². The number of rotatable bonds is 7. The first-order valence-corrected chi connectivity index (χ1v) is 11.9. The topological polar surface area (TPSA) is 92.0 Å². The van der Waals surface area contributed by atoms with Gasteiger partial charge in [-0.2, -0.15) is 9.93 Å². The van der Waals surface area contributed by atoms with Crippen molar-refractivity contribution in [3.8, 4) is 11.3 Å². The average molecular weight is 500 g/mol. The number of halogens is 2. The van der Waals surface area contributed by atoms with Crippen LogP contribution in [0.25, 0.3) is 11.3 Å². The zero-order valence-electron chi connectivity index (χ0n) is 17.8. The molecule has 2 aromatic heterocycles. The average Bonchev–Trinajstić information content (AvgIpc) is 3.63. The van der Waals surface area contributed by atoms with Gasteiger partial charge < -0.3 is 5.11 Å². The standard InChI is InChI=1S/C22H19F2N7OS2/c1-14(22(32,11-30-13-25-12-26-30)18-8-16(23)4-7-19(18)24)21-9-31(29-34-21)17-5-2-15(3-6-17)20-10-33-28-27-20/h2-10,12-14,29,32H,11H2,1H3/t14-,22+/m0/s1. The second kappa shape index (κ2) is 9.22. The Bertz CT molecular complexity index is 1300. The minimum absolute atomic E-state index is 0.108. The molecule has 1 aliphatic heterocycles. The molecule has 0 spiro atoms. The van der Waals surface area contributed by atoms with Crippen LogP contribution >= 0.6 is 23.5 Å². The van der Waals surface area contributed by atoms with Gasteiger partial charge in [0.2, 0.25) is 0 Å². The SMILES string of the molecule is C[C@@H](C1=CN(c2ccc(-c3csnn3)cc2)NS1)[C@](O)(Cn1cncn1)c1cc(F)ccc1F. The van der Waals surface area contributed by atoms with Crippen molar-refractivity contribution in [2.45, 2.75) is 19.1 Å². The number of hydrogen-bond donors (Lipinski definition) is 2. The lowest BCUT2D eigenvalue weighted by Gasteiger charge is -2.35. The van der Waals surface area contributed by atoms with Gasteiger partial charge in [-0.3, -0.25) is 5.01 Å². The summed E-state index contributed by atoms with van der Waals surface area (Å²) >= 11 is 2.58. The Morgan fingerprint density at radius 3 is 2.71 bits per heavy atom. The van der Waals surface area contributed by atoms with E-state index in [4.69, 9.17) is 0 Å². The van der Waals surface area contributed by atoms with E-state index in [9.17, 15) is 13.9 Å². The molecule has 0 saturated heterocycles. The molecule has 174 valence electrons. The van der Waals surface area contributed by atoms with Crippen LogP contribution in [-0.4, -0.2) is 29.5 Å². The fourth-order valence-corrected chi connectivity index (χ4v) is 5.13. The van der Waals surface area contributed by atoms with E-state index < -0.39 is 23.2 Å². The van der Waals surface area contributed by atoms with Gasteiger partial charge in [-0.05, 0) is 53.8 Å². The van der Waals surface area contributed by atoms with E-state index in [0.717, 1.165) is 40.0 Å². The lowest BCUT2D eigenvalue weighted by molar-refractivity contribution is -0.0237. The second-order valence-electron chi connectivity index (χ2n) is 7.80. The summed E-state index contributed by atoms with van der Waals surface area (Å²) in [5.74, 6) is -1.95. The van der Waals surface area contributed by atoms with E-state index in [0.29, 0.717) is 0 Å². The summed E-state index contributed by atoms with van der Waals surface area (Å²) in [6, 6.07) is 10.8. The number of benzene rings is 2. The van der Waals surface area contributed by atoms with Crippen LogP contribution in [0.15, 0.2) is 71.6 Å². The van der Waals surface area contributed by atoms with Gasteiger partial charge in [0.1, 0.15) is 35.6 Å². The molecule has 12 heteroatoms. The van der Waals surface area contributed by atoms with Crippen molar-refractivity contribution in [1.29, 1.82) is 0 Å². The maximum absolute atomic E-state index is 14.8. The zero-order valence-corrected chi connectivity index (χ0v) is 19.5. The summed E-state index contributed by atoms with van der Waals surface area (Å²) in [6.07, 6.45) is 4.58. The molecule has 2 N–H and O–H groups in total. The molecule has 2 atom stereocenters. The molecule has 0 unspecified atom stereocenters. The largest absolute Gasteiger partial charge is 0.382 e. The Balaban J connectivity index is 1.45. The molecular formula is C22H19F2N7OS2. The highest BCUT2D eigenvalue weighted by atomic mass is 32.2. The quantitative estimate of drug-likeness (QED) is 0.367. The highest BCUT2D eigenvalue weighted by molar-refractivity contribution is 8.01. The molecule has 2 aromatic carbocycles. The third-order valence-corrected chi connectivity index (χ3v) is 7.21. The highest BCUT2D eigenvalue weighted by Gasteiger charge is 2.42. The van der Waals surface area contributed by atoms with Gasteiger partial charge in [-0.1, -0.05) is 23.5 Å². The van der Waals surface area contributed by atoms with Crippen molar-refractivity contribution in [1.82, 2.24) is 29.2 Å². The molecule has 5 rings (SSSR count). The predicted molar refractivity (Wildman–Crippen MR) is 126 cm³/mol. The van der Waals surface area contributed by atoms with Gasteiger partial charge in [0, 0.05) is 33.5 Å². The molecule has 0 radical (unpaired) electrons. The fraction of sp³-hybridized carbons (Fsp3) is 0.182. The Morgan fingerprint density at radius 1 is 1.18 bits per heavy atom. The summed E-state index contributed by atoms with van der Waals surface area (Å²) in [5, 5.41) is 23.6. The highest BCUT2D eigenvalue weighted by Crippen LogP contribution is 2.43. The minimum atomic E-state index is -1.79. The van der Waals surface area contributed by atoms with Crippen molar-refractivity contribution < 1.29 is 13.9 Å². The summed E-state index contributed by atoms with van der Waals surface area (Å²) < 4.78 is 34.1. The molecule has 1 aliphatic rings. The Hall–Kier alpha value is -3.19. The Kier molecular flexibility index (Phi) is 6.13. The van der Waals surface area contributed by atoms with E-state index in [1.165, 1.54) is 40.8 Å². The first kappa shape index (κ1) is 22.6. The van der Waals surface area contributed by atoms with Crippen LogP contribution in [0.1, 0.15) is 12.5 Å². The van der Waals surface area contributed by atoms with Gasteiger partial charge in [0.15, 0.2) is 0 Å². The molecule has 0 fully saturated rings.